The van der Waals surface area contributed by atoms with Crippen molar-refractivity contribution in [2.24, 2.45) is 0 Å². The van der Waals surface area contributed by atoms with Crippen LogP contribution >= 0.6 is 15.9 Å². The molecule has 1 fully saturated rings. The van der Waals surface area contributed by atoms with Crippen LogP contribution in [-0.2, 0) is 4.74 Å². The van der Waals surface area contributed by atoms with Crippen molar-refractivity contribution in [2.45, 2.75) is 44.8 Å². The molecule has 144 valence electrons. The molecule has 0 atom stereocenters. The van der Waals surface area contributed by atoms with Crippen molar-refractivity contribution in [3.8, 4) is 0 Å². The second-order valence-corrected chi connectivity index (χ2v) is 11.2. The van der Waals surface area contributed by atoms with Crippen molar-refractivity contribution >= 4 is 40.9 Å². The standard InChI is InChI=1S/C18H29BrN4O2Si/c1-26(2)10-9-25-13-22-15-11-16(21-12-14(15)17(19)20)18(24)23-7-5-3-4-6-8-23/h11-12,20,26H,3-10,13H2,1-2H3,(H,21,22). The Balaban J connectivity index is 2.06. The van der Waals surface area contributed by atoms with E-state index in [1.165, 1.54) is 12.8 Å². The summed E-state index contributed by atoms with van der Waals surface area (Å²) in [6, 6.07) is 2.87. The second kappa shape index (κ2) is 10.8. The van der Waals surface area contributed by atoms with E-state index >= 15 is 0 Å². The lowest BCUT2D eigenvalue weighted by Crippen LogP contribution is -2.32. The van der Waals surface area contributed by atoms with Crippen molar-refractivity contribution in [2.75, 3.05) is 31.7 Å². The van der Waals surface area contributed by atoms with Gasteiger partial charge >= 0.3 is 0 Å². The number of aromatic nitrogens is 1. The van der Waals surface area contributed by atoms with Crippen LogP contribution in [0.25, 0.3) is 0 Å². The Bertz CT molecular complexity index is 619. The molecule has 1 aliphatic heterocycles. The van der Waals surface area contributed by atoms with Gasteiger partial charge in [0.15, 0.2) is 0 Å². The highest BCUT2D eigenvalue weighted by molar-refractivity contribution is 9.18. The number of ether oxygens (including phenoxy) is 1. The number of likely N-dealkylation sites (tertiary alicyclic amines) is 1. The van der Waals surface area contributed by atoms with Crippen LogP contribution in [0.15, 0.2) is 12.3 Å². The molecule has 2 rings (SSSR count). The van der Waals surface area contributed by atoms with Crippen molar-refractivity contribution in [1.82, 2.24) is 9.88 Å². The summed E-state index contributed by atoms with van der Waals surface area (Å²) in [5, 5.41) is 11.0. The molecular weight excluding hydrogens is 412 g/mol. The number of nitrogens with zero attached hydrogens (tertiary/aromatic N) is 2. The SMILES string of the molecule is C[SiH](C)CCOCNc1cc(C(=O)N2CCCCCC2)ncc1C(=N)Br. The van der Waals surface area contributed by atoms with Gasteiger partial charge in [-0.3, -0.25) is 15.2 Å². The minimum atomic E-state index is -0.610. The first-order valence-corrected chi connectivity index (χ1v) is 13.3. The minimum absolute atomic E-state index is 0.0330. The lowest BCUT2D eigenvalue weighted by Gasteiger charge is -2.20. The van der Waals surface area contributed by atoms with Gasteiger partial charge in [-0.05, 0) is 40.9 Å². The van der Waals surface area contributed by atoms with E-state index in [1.807, 2.05) is 4.90 Å². The van der Waals surface area contributed by atoms with E-state index in [4.69, 9.17) is 10.1 Å². The molecular formula is C18H29BrN4O2Si. The molecule has 1 aliphatic rings. The van der Waals surface area contributed by atoms with Gasteiger partial charge in [0.2, 0.25) is 0 Å². The molecule has 1 aromatic heterocycles. The van der Waals surface area contributed by atoms with Gasteiger partial charge in [-0.2, -0.15) is 0 Å². The predicted molar refractivity (Wildman–Crippen MR) is 112 cm³/mol. The van der Waals surface area contributed by atoms with Crippen LogP contribution in [0.5, 0.6) is 0 Å². The predicted octanol–water partition coefficient (Wildman–Crippen LogP) is 3.69. The molecule has 2 heterocycles. The number of nitrogens with one attached hydrogen (secondary N) is 2. The molecule has 8 heteroatoms. The lowest BCUT2D eigenvalue weighted by atomic mass is 10.2. The number of hydrogen-bond acceptors (Lipinski definition) is 5. The number of pyridine rings is 1. The summed E-state index contributed by atoms with van der Waals surface area (Å²) < 4.78 is 5.87. The molecule has 1 amide bonds. The summed E-state index contributed by atoms with van der Waals surface area (Å²) in [4.78, 5) is 19.0. The van der Waals surface area contributed by atoms with E-state index in [-0.39, 0.29) is 10.5 Å². The van der Waals surface area contributed by atoms with Crippen molar-refractivity contribution in [3.05, 3.63) is 23.5 Å². The van der Waals surface area contributed by atoms with Crippen LogP contribution in [0.2, 0.25) is 19.1 Å². The van der Waals surface area contributed by atoms with Gasteiger partial charge in [0.05, 0.1) is 0 Å². The molecule has 26 heavy (non-hydrogen) atoms. The van der Waals surface area contributed by atoms with Crippen LogP contribution in [0.1, 0.15) is 41.7 Å². The van der Waals surface area contributed by atoms with E-state index in [9.17, 15) is 4.79 Å². The van der Waals surface area contributed by atoms with Crippen LogP contribution in [0.3, 0.4) is 0 Å². The fourth-order valence-corrected chi connectivity index (χ4v) is 3.80. The molecule has 0 bridgehead atoms. The molecule has 0 spiro atoms. The van der Waals surface area contributed by atoms with E-state index in [2.05, 4.69) is 39.3 Å². The summed E-state index contributed by atoms with van der Waals surface area (Å²) in [6.45, 7) is 7.27. The van der Waals surface area contributed by atoms with Crippen LogP contribution in [0, 0.1) is 5.41 Å². The fourth-order valence-electron chi connectivity index (χ4n) is 2.85. The molecule has 0 radical (unpaired) electrons. The van der Waals surface area contributed by atoms with Gasteiger partial charge in [0.25, 0.3) is 5.91 Å². The fraction of sp³-hybridized carbons (Fsp3) is 0.611. The Hall–Kier alpha value is -1.25. The van der Waals surface area contributed by atoms with Crippen LogP contribution in [0.4, 0.5) is 5.69 Å². The summed E-state index contributed by atoms with van der Waals surface area (Å²) in [7, 11) is -0.610. The molecule has 6 nitrogen and oxygen atoms in total. The number of carbonyl (C=O) groups excluding carboxylic acids is 1. The molecule has 0 aromatic carbocycles. The average molecular weight is 441 g/mol. The average Bonchev–Trinajstić information content (AvgIpc) is 2.89. The van der Waals surface area contributed by atoms with Crippen molar-refractivity contribution in [1.29, 1.82) is 5.41 Å². The van der Waals surface area contributed by atoms with Gasteiger partial charge in [-0.15, -0.1) is 0 Å². The highest BCUT2D eigenvalue weighted by Crippen LogP contribution is 2.20. The Labute approximate surface area is 166 Å². The topological polar surface area (TPSA) is 78.3 Å². The zero-order valence-electron chi connectivity index (χ0n) is 15.7. The summed E-state index contributed by atoms with van der Waals surface area (Å²) in [5.41, 5.74) is 1.74. The largest absolute Gasteiger partial charge is 0.362 e. The Kier molecular flexibility index (Phi) is 8.74. The zero-order chi connectivity index (χ0) is 18.9. The maximum Gasteiger partial charge on any atom is 0.272 e. The third-order valence-corrected chi connectivity index (χ3v) is 6.27. The maximum atomic E-state index is 12.8. The summed E-state index contributed by atoms with van der Waals surface area (Å²) in [6.07, 6.45) is 6.04. The lowest BCUT2D eigenvalue weighted by molar-refractivity contribution is 0.0755. The maximum absolute atomic E-state index is 12.8. The van der Waals surface area contributed by atoms with Crippen molar-refractivity contribution < 1.29 is 9.53 Å². The number of hydrogen-bond donors (Lipinski definition) is 2. The summed E-state index contributed by atoms with van der Waals surface area (Å²) in [5.74, 6) is -0.0330. The van der Waals surface area contributed by atoms with E-state index in [1.54, 1.807) is 12.3 Å². The molecule has 0 aliphatic carbocycles. The van der Waals surface area contributed by atoms with Crippen molar-refractivity contribution in [3.63, 3.8) is 0 Å². The molecule has 1 aromatic rings. The van der Waals surface area contributed by atoms with Gasteiger partial charge < -0.3 is 15.0 Å². The monoisotopic (exact) mass is 440 g/mol. The van der Waals surface area contributed by atoms with E-state index in [0.717, 1.165) is 38.6 Å². The first kappa shape index (κ1) is 21.1. The number of carbonyl (C=O) groups is 1. The molecule has 0 unspecified atom stereocenters. The number of halogens is 1. The summed E-state index contributed by atoms with van der Waals surface area (Å²) >= 11 is 3.20. The van der Waals surface area contributed by atoms with Crippen LogP contribution < -0.4 is 5.32 Å². The first-order chi connectivity index (χ1) is 12.5. The van der Waals surface area contributed by atoms with Gasteiger partial charge in [0.1, 0.15) is 17.0 Å². The number of rotatable bonds is 8. The van der Waals surface area contributed by atoms with E-state index in [0.29, 0.717) is 23.7 Å². The number of anilines is 1. The van der Waals surface area contributed by atoms with E-state index < -0.39 is 8.80 Å². The Morgan fingerprint density at radius 1 is 1.35 bits per heavy atom. The van der Waals surface area contributed by atoms with Gasteiger partial charge in [-0.1, -0.05) is 25.9 Å². The minimum Gasteiger partial charge on any atom is -0.362 e. The van der Waals surface area contributed by atoms with Gasteiger partial charge in [0, 0.05) is 45.9 Å². The molecule has 1 saturated heterocycles. The third-order valence-electron chi connectivity index (χ3n) is 4.46. The Morgan fingerprint density at radius 2 is 2.04 bits per heavy atom. The quantitative estimate of drug-likeness (QED) is 0.279. The molecule has 0 saturated carbocycles. The number of amides is 1. The normalized spacial score (nSPS) is 15.0. The third kappa shape index (κ3) is 6.48. The second-order valence-electron chi connectivity index (χ2n) is 7.05. The van der Waals surface area contributed by atoms with Gasteiger partial charge in [-0.25, -0.2) is 0 Å². The molecule has 2 N–H and O–H groups in total. The van der Waals surface area contributed by atoms with Crippen LogP contribution in [-0.4, -0.2) is 55.6 Å². The Morgan fingerprint density at radius 3 is 2.65 bits per heavy atom. The zero-order valence-corrected chi connectivity index (χ0v) is 18.4. The smallest absolute Gasteiger partial charge is 0.272 e. The highest BCUT2D eigenvalue weighted by Gasteiger charge is 2.20. The first-order valence-electron chi connectivity index (χ1n) is 9.34. The highest BCUT2D eigenvalue weighted by atomic mass is 79.9.